The monoisotopic (exact) mass is 209 g/mol. The highest BCUT2D eigenvalue weighted by Crippen LogP contribution is 2.11. The molecule has 0 saturated heterocycles. The van der Waals surface area contributed by atoms with E-state index in [0.29, 0.717) is 6.42 Å². The summed E-state index contributed by atoms with van der Waals surface area (Å²) < 4.78 is 24.5. The minimum absolute atomic E-state index is 0.126. The molecule has 4 nitrogen and oxygen atoms in total. The highest BCUT2D eigenvalue weighted by Gasteiger charge is 2.27. The molecule has 0 bridgehead atoms. The second-order valence-corrected chi connectivity index (χ2v) is 5.90. The van der Waals surface area contributed by atoms with E-state index in [-0.39, 0.29) is 12.6 Å². The quantitative estimate of drug-likeness (QED) is 0.714. The number of sulfonamides is 1. The van der Waals surface area contributed by atoms with Crippen molar-refractivity contribution in [1.29, 1.82) is 0 Å². The van der Waals surface area contributed by atoms with Crippen molar-refractivity contribution in [3.63, 3.8) is 0 Å². The van der Waals surface area contributed by atoms with Crippen molar-refractivity contribution in [2.75, 3.05) is 13.7 Å². The molecule has 0 radical (unpaired) electrons. The maximum atomic E-state index is 11.6. The SMILES string of the molecule is CC[C@H](CO)N(C)S(=O)(=O)C(C)C. The highest BCUT2D eigenvalue weighted by molar-refractivity contribution is 7.89. The first-order valence-corrected chi connectivity index (χ1v) is 5.95. The largest absolute Gasteiger partial charge is 0.395 e. The van der Waals surface area contributed by atoms with Crippen LogP contribution in [0.4, 0.5) is 0 Å². The lowest BCUT2D eigenvalue weighted by Gasteiger charge is -2.26. The number of hydrogen-bond acceptors (Lipinski definition) is 3. The number of aliphatic hydroxyl groups is 1. The molecule has 0 aliphatic heterocycles. The number of aliphatic hydroxyl groups excluding tert-OH is 1. The van der Waals surface area contributed by atoms with E-state index in [1.54, 1.807) is 13.8 Å². The molecule has 0 saturated carbocycles. The number of rotatable bonds is 5. The summed E-state index contributed by atoms with van der Waals surface area (Å²) in [5, 5.41) is 8.50. The molecule has 0 aliphatic carbocycles. The summed E-state index contributed by atoms with van der Waals surface area (Å²) in [4.78, 5) is 0. The molecule has 0 fully saturated rings. The third kappa shape index (κ3) is 2.93. The van der Waals surface area contributed by atoms with Crippen molar-refractivity contribution in [2.45, 2.75) is 38.5 Å². The van der Waals surface area contributed by atoms with Crippen LogP contribution in [-0.4, -0.2) is 42.8 Å². The van der Waals surface area contributed by atoms with E-state index in [1.807, 2.05) is 6.92 Å². The minimum atomic E-state index is -3.23. The van der Waals surface area contributed by atoms with Gasteiger partial charge in [0.25, 0.3) is 0 Å². The second kappa shape index (κ2) is 4.93. The lowest BCUT2D eigenvalue weighted by atomic mass is 10.2. The number of nitrogens with zero attached hydrogens (tertiary/aromatic N) is 1. The third-order valence-corrected chi connectivity index (χ3v) is 4.49. The van der Waals surface area contributed by atoms with Gasteiger partial charge in [-0.15, -0.1) is 0 Å². The van der Waals surface area contributed by atoms with Crippen molar-refractivity contribution >= 4 is 10.0 Å². The van der Waals surface area contributed by atoms with Gasteiger partial charge in [0, 0.05) is 13.1 Å². The Morgan fingerprint density at radius 1 is 1.38 bits per heavy atom. The van der Waals surface area contributed by atoms with E-state index in [4.69, 9.17) is 5.11 Å². The van der Waals surface area contributed by atoms with Gasteiger partial charge in [-0.1, -0.05) is 6.92 Å². The lowest BCUT2D eigenvalue weighted by molar-refractivity contribution is 0.198. The summed E-state index contributed by atoms with van der Waals surface area (Å²) in [5.74, 6) is 0. The Morgan fingerprint density at radius 2 is 1.85 bits per heavy atom. The van der Waals surface area contributed by atoms with Crippen LogP contribution in [0.25, 0.3) is 0 Å². The minimum Gasteiger partial charge on any atom is -0.395 e. The first kappa shape index (κ1) is 12.9. The van der Waals surface area contributed by atoms with Gasteiger partial charge in [-0.25, -0.2) is 8.42 Å². The normalized spacial score (nSPS) is 15.3. The third-order valence-electron chi connectivity index (χ3n) is 2.19. The van der Waals surface area contributed by atoms with Gasteiger partial charge in [0.2, 0.25) is 10.0 Å². The Hall–Kier alpha value is -0.130. The van der Waals surface area contributed by atoms with Crippen LogP contribution in [0.15, 0.2) is 0 Å². The zero-order valence-corrected chi connectivity index (χ0v) is 9.50. The standard InChI is InChI=1S/C8H19NO3S/c1-5-8(6-10)9(4)13(11,12)7(2)3/h7-8,10H,5-6H2,1-4H3/t8-/m1/s1. The molecule has 0 aromatic heterocycles. The molecule has 1 N–H and O–H groups in total. The van der Waals surface area contributed by atoms with Gasteiger partial charge in [-0.2, -0.15) is 4.31 Å². The van der Waals surface area contributed by atoms with E-state index in [9.17, 15) is 8.42 Å². The van der Waals surface area contributed by atoms with Crippen LogP contribution >= 0.6 is 0 Å². The molecule has 5 heteroatoms. The Bertz CT molecular complexity index is 232. The molecule has 0 unspecified atom stereocenters. The van der Waals surface area contributed by atoms with Crippen LogP contribution in [0.2, 0.25) is 0 Å². The molecule has 0 heterocycles. The first-order chi connectivity index (χ1) is 5.87. The summed E-state index contributed by atoms with van der Waals surface area (Å²) in [5.41, 5.74) is 0. The van der Waals surface area contributed by atoms with E-state index in [0.717, 1.165) is 0 Å². The van der Waals surface area contributed by atoms with Crippen molar-refractivity contribution in [2.24, 2.45) is 0 Å². The molecular weight excluding hydrogens is 190 g/mol. The van der Waals surface area contributed by atoms with Crippen molar-refractivity contribution < 1.29 is 13.5 Å². The first-order valence-electron chi connectivity index (χ1n) is 4.45. The summed E-state index contributed by atoms with van der Waals surface area (Å²) >= 11 is 0. The van der Waals surface area contributed by atoms with Crippen LogP contribution in [0.3, 0.4) is 0 Å². The van der Waals surface area contributed by atoms with Crippen molar-refractivity contribution in [3.05, 3.63) is 0 Å². The molecule has 0 aromatic carbocycles. The molecule has 13 heavy (non-hydrogen) atoms. The average Bonchev–Trinajstić information content (AvgIpc) is 2.06. The Kier molecular flexibility index (Phi) is 4.88. The zero-order valence-electron chi connectivity index (χ0n) is 8.69. The van der Waals surface area contributed by atoms with Gasteiger partial charge in [0.05, 0.1) is 11.9 Å². The van der Waals surface area contributed by atoms with Crippen LogP contribution in [0, 0.1) is 0 Å². The molecule has 1 atom stereocenters. The maximum absolute atomic E-state index is 11.6. The molecule has 0 aromatic rings. The van der Waals surface area contributed by atoms with Crippen LogP contribution in [0.1, 0.15) is 27.2 Å². The fourth-order valence-electron chi connectivity index (χ4n) is 1.04. The molecular formula is C8H19NO3S. The molecule has 0 rings (SSSR count). The van der Waals surface area contributed by atoms with Crippen molar-refractivity contribution in [1.82, 2.24) is 4.31 Å². The Labute approximate surface area is 80.6 Å². The maximum Gasteiger partial charge on any atom is 0.216 e. The summed E-state index contributed by atoms with van der Waals surface area (Å²) in [6.45, 7) is 5.00. The zero-order chi connectivity index (χ0) is 10.6. The summed E-state index contributed by atoms with van der Waals surface area (Å²) in [6, 6.07) is -0.299. The second-order valence-electron chi connectivity index (χ2n) is 3.35. The van der Waals surface area contributed by atoms with Gasteiger partial charge in [-0.05, 0) is 20.3 Å². The smallest absolute Gasteiger partial charge is 0.216 e. The molecule has 80 valence electrons. The van der Waals surface area contributed by atoms with E-state index in [1.165, 1.54) is 11.4 Å². The molecule has 0 spiro atoms. The van der Waals surface area contributed by atoms with Gasteiger partial charge >= 0.3 is 0 Å². The van der Waals surface area contributed by atoms with Crippen LogP contribution in [0.5, 0.6) is 0 Å². The van der Waals surface area contributed by atoms with E-state index in [2.05, 4.69) is 0 Å². The fraction of sp³-hybridized carbons (Fsp3) is 1.00. The summed E-state index contributed by atoms with van der Waals surface area (Å²) in [7, 11) is -1.71. The average molecular weight is 209 g/mol. The highest BCUT2D eigenvalue weighted by atomic mass is 32.2. The van der Waals surface area contributed by atoms with Gasteiger partial charge < -0.3 is 5.11 Å². The lowest BCUT2D eigenvalue weighted by Crippen LogP contribution is -2.42. The van der Waals surface area contributed by atoms with E-state index < -0.39 is 15.3 Å². The van der Waals surface area contributed by atoms with Crippen LogP contribution in [-0.2, 0) is 10.0 Å². The molecule has 0 amide bonds. The number of hydrogen-bond donors (Lipinski definition) is 1. The predicted molar refractivity (Wildman–Crippen MR) is 53.0 cm³/mol. The van der Waals surface area contributed by atoms with E-state index >= 15 is 0 Å². The van der Waals surface area contributed by atoms with Crippen LogP contribution < -0.4 is 0 Å². The Morgan fingerprint density at radius 3 is 2.08 bits per heavy atom. The number of likely N-dealkylation sites (N-methyl/N-ethyl adjacent to an activating group) is 1. The predicted octanol–water partition coefficient (Wildman–Crippen LogP) is 0.427. The van der Waals surface area contributed by atoms with Gasteiger partial charge in [0.1, 0.15) is 0 Å². The van der Waals surface area contributed by atoms with Gasteiger partial charge in [-0.3, -0.25) is 0 Å². The molecule has 0 aliphatic rings. The van der Waals surface area contributed by atoms with Gasteiger partial charge in [0.15, 0.2) is 0 Å². The fourth-order valence-corrected chi connectivity index (χ4v) is 2.34. The van der Waals surface area contributed by atoms with Crippen molar-refractivity contribution in [3.8, 4) is 0 Å². The Balaban J connectivity index is 4.67. The topological polar surface area (TPSA) is 57.6 Å². The summed E-state index contributed by atoms with van der Waals surface area (Å²) in [6.07, 6.45) is 0.624.